The number of amides is 2. The summed E-state index contributed by atoms with van der Waals surface area (Å²) in [7, 11) is 0. The van der Waals surface area contributed by atoms with Gasteiger partial charge in [0.15, 0.2) is 6.10 Å². The number of nitrogens with zero attached hydrogens (tertiary/aromatic N) is 1. The molecule has 146 valence electrons. The lowest BCUT2D eigenvalue weighted by Gasteiger charge is -2.17. The highest BCUT2D eigenvalue weighted by Crippen LogP contribution is 2.22. The molecule has 1 aliphatic rings. The van der Waals surface area contributed by atoms with Crippen LogP contribution in [0.3, 0.4) is 0 Å². The number of hydrogen-bond acceptors (Lipinski definition) is 4. The van der Waals surface area contributed by atoms with Crippen molar-refractivity contribution in [3.8, 4) is 0 Å². The number of hydrogen-bond donors (Lipinski definition) is 1. The molecule has 1 N–H and O–H groups in total. The molecule has 0 aliphatic carbocycles. The molecule has 2 aromatic rings. The summed E-state index contributed by atoms with van der Waals surface area (Å²) in [6.45, 7) is 6.12. The van der Waals surface area contributed by atoms with Gasteiger partial charge in [0.2, 0.25) is 5.91 Å². The van der Waals surface area contributed by atoms with Gasteiger partial charge in [-0.3, -0.25) is 9.59 Å². The number of nitrogens with one attached hydrogen (secondary N) is 1. The maximum atomic E-state index is 12.3. The summed E-state index contributed by atoms with van der Waals surface area (Å²) in [6, 6.07) is 12.4. The second-order valence-electron chi connectivity index (χ2n) is 7.05. The Balaban J connectivity index is 1.60. The molecular weight excluding hydrogens is 356 g/mol. The zero-order valence-electron chi connectivity index (χ0n) is 16.3. The van der Waals surface area contributed by atoms with Crippen LogP contribution in [0, 0.1) is 13.8 Å². The van der Waals surface area contributed by atoms with Crippen molar-refractivity contribution in [3.63, 3.8) is 0 Å². The van der Waals surface area contributed by atoms with Gasteiger partial charge in [-0.05, 0) is 63.1 Å². The summed E-state index contributed by atoms with van der Waals surface area (Å²) in [6.07, 6.45) is 0.458. The Hall–Kier alpha value is -3.15. The van der Waals surface area contributed by atoms with E-state index < -0.39 is 12.1 Å². The van der Waals surface area contributed by atoms with Crippen LogP contribution >= 0.6 is 0 Å². The average Bonchev–Trinajstić information content (AvgIpc) is 3.10. The molecule has 2 aromatic carbocycles. The Labute approximate surface area is 164 Å². The Bertz CT molecular complexity index is 905. The monoisotopic (exact) mass is 380 g/mol. The van der Waals surface area contributed by atoms with E-state index in [0.29, 0.717) is 24.2 Å². The van der Waals surface area contributed by atoms with Gasteiger partial charge in [-0.2, -0.15) is 0 Å². The maximum Gasteiger partial charge on any atom is 0.338 e. The van der Waals surface area contributed by atoms with Crippen molar-refractivity contribution in [1.82, 2.24) is 0 Å². The number of anilines is 2. The molecule has 28 heavy (non-hydrogen) atoms. The van der Waals surface area contributed by atoms with Crippen molar-refractivity contribution in [1.29, 1.82) is 0 Å². The van der Waals surface area contributed by atoms with Gasteiger partial charge in [0.25, 0.3) is 5.91 Å². The zero-order valence-corrected chi connectivity index (χ0v) is 16.3. The van der Waals surface area contributed by atoms with Gasteiger partial charge in [-0.15, -0.1) is 0 Å². The van der Waals surface area contributed by atoms with Crippen LogP contribution in [0.5, 0.6) is 0 Å². The van der Waals surface area contributed by atoms with Crippen LogP contribution < -0.4 is 10.2 Å². The van der Waals surface area contributed by atoms with E-state index in [2.05, 4.69) is 5.32 Å². The largest absolute Gasteiger partial charge is 0.449 e. The molecule has 0 spiro atoms. The first-order chi connectivity index (χ1) is 13.3. The minimum absolute atomic E-state index is 0.0898. The number of esters is 1. The normalized spacial score (nSPS) is 14.7. The van der Waals surface area contributed by atoms with Gasteiger partial charge in [-0.25, -0.2) is 4.79 Å². The molecule has 2 amide bonds. The smallest absolute Gasteiger partial charge is 0.338 e. The van der Waals surface area contributed by atoms with Crippen LogP contribution in [0.2, 0.25) is 0 Å². The first-order valence-electron chi connectivity index (χ1n) is 9.34. The van der Waals surface area contributed by atoms with E-state index in [4.69, 9.17) is 4.74 Å². The van der Waals surface area contributed by atoms with Crippen LogP contribution in [-0.2, 0) is 14.3 Å². The van der Waals surface area contributed by atoms with E-state index in [0.717, 1.165) is 23.2 Å². The van der Waals surface area contributed by atoms with Gasteiger partial charge >= 0.3 is 5.97 Å². The fraction of sp³-hybridized carbons (Fsp3) is 0.318. The minimum atomic E-state index is -0.937. The molecule has 6 nitrogen and oxygen atoms in total. The predicted molar refractivity (Wildman–Crippen MR) is 107 cm³/mol. The van der Waals surface area contributed by atoms with Gasteiger partial charge in [0.05, 0.1) is 5.56 Å². The molecule has 0 saturated carbocycles. The standard InChI is InChI=1S/C22H24N2O4/c1-14-6-11-19(15(2)13-14)23-21(26)16(3)28-22(27)17-7-9-18(10-8-17)24-12-4-5-20(24)25/h6-11,13,16H,4-5,12H2,1-3H3,(H,23,26)/t16-/m1/s1. The second kappa shape index (κ2) is 8.25. The number of rotatable bonds is 5. The zero-order chi connectivity index (χ0) is 20.3. The minimum Gasteiger partial charge on any atom is -0.449 e. The quantitative estimate of drug-likeness (QED) is 0.804. The Morgan fingerprint density at radius 3 is 2.43 bits per heavy atom. The van der Waals surface area contributed by atoms with Crippen LogP contribution in [0.15, 0.2) is 42.5 Å². The van der Waals surface area contributed by atoms with Crippen molar-refractivity contribution >= 4 is 29.2 Å². The molecule has 1 saturated heterocycles. The highest BCUT2D eigenvalue weighted by atomic mass is 16.5. The Morgan fingerprint density at radius 2 is 1.82 bits per heavy atom. The van der Waals surface area contributed by atoms with Crippen molar-refractivity contribution < 1.29 is 19.1 Å². The van der Waals surface area contributed by atoms with Crippen LogP contribution in [0.4, 0.5) is 11.4 Å². The SMILES string of the molecule is Cc1ccc(NC(=O)[C@@H](C)OC(=O)c2ccc(N3CCCC3=O)cc2)c(C)c1. The molecule has 0 unspecified atom stereocenters. The highest BCUT2D eigenvalue weighted by molar-refractivity contribution is 5.98. The maximum absolute atomic E-state index is 12.3. The number of aryl methyl sites for hydroxylation is 2. The van der Waals surface area contributed by atoms with Gasteiger partial charge in [0, 0.05) is 24.3 Å². The van der Waals surface area contributed by atoms with E-state index in [1.165, 1.54) is 6.92 Å². The topological polar surface area (TPSA) is 75.7 Å². The van der Waals surface area contributed by atoms with Crippen LogP contribution in [0.1, 0.15) is 41.3 Å². The number of benzene rings is 2. The van der Waals surface area contributed by atoms with Gasteiger partial charge in [-0.1, -0.05) is 17.7 Å². The fourth-order valence-electron chi connectivity index (χ4n) is 3.17. The molecule has 0 radical (unpaired) electrons. The molecule has 6 heteroatoms. The molecule has 1 aliphatic heterocycles. The van der Waals surface area contributed by atoms with E-state index >= 15 is 0 Å². The van der Waals surface area contributed by atoms with E-state index in [1.807, 2.05) is 32.0 Å². The molecule has 0 bridgehead atoms. The first kappa shape index (κ1) is 19.6. The summed E-state index contributed by atoms with van der Waals surface area (Å²) in [4.78, 5) is 38.2. The number of carbonyl (C=O) groups is 3. The summed E-state index contributed by atoms with van der Waals surface area (Å²) in [5.74, 6) is -0.880. The first-order valence-corrected chi connectivity index (χ1v) is 9.34. The molecular formula is C22H24N2O4. The predicted octanol–water partition coefficient (Wildman–Crippen LogP) is 3.61. The molecule has 0 aromatic heterocycles. The average molecular weight is 380 g/mol. The fourth-order valence-corrected chi connectivity index (χ4v) is 3.17. The van der Waals surface area contributed by atoms with Crippen molar-refractivity contribution in [2.24, 2.45) is 0 Å². The lowest BCUT2D eigenvalue weighted by atomic mass is 10.1. The number of ether oxygens (including phenoxy) is 1. The van der Waals surface area contributed by atoms with Crippen molar-refractivity contribution in [3.05, 3.63) is 59.2 Å². The summed E-state index contributed by atoms with van der Waals surface area (Å²) < 4.78 is 5.29. The van der Waals surface area contributed by atoms with Crippen molar-refractivity contribution in [2.75, 3.05) is 16.8 Å². The lowest BCUT2D eigenvalue weighted by molar-refractivity contribution is -0.123. The third-order valence-electron chi connectivity index (χ3n) is 4.78. The summed E-state index contributed by atoms with van der Waals surface area (Å²) >= 11 is 0. The Morgan fingerprint density at radius 1 is 1.11 bits per heavy atom. The van der Waals surface area contributed by atoms with Gasteiger partial charge < -0.3 is 15.0 Å². The molecule has 1 heterocycles. The lowest BCUT2D eigenvalue weighted by Crippen LogP contribution is -2.30. The Kier molecular flexibility index (Phi) is 5.78. The molecule has 3 rings (SSSR count). The van der Waals surface area contributed by atoms with Crippen LogP contribution in [0.25, 0.3) is 0 Å². The van der Waals surface area contributed by atoms with Crippen molar-refractivity contribution in [2.45, 2.75) is 39.7 Å². The molecule has 1 atom stereocenters. The molecule has 1 fully saturated rings. The van der Waals surface area contributed by atoms with Crippen LogP contribution in [-0.4, -0.2) is 30.4 Å². The van der Waals surface area contributed by atoms with E-state index in [1.54, 1.807) is 29.2 Å². The van der Waals surface area contributed by atoms with Gasteiger partial charge in [0.1, 0.15) is 0 Å². The summed E-state index contributed by atoms with van der Waals surface area (Å²) in [5, 5.41) is 2.78. The van der Waals surface area contributed by atoms with E-state index in [-0.39, 0.29) is 11.8 Å². The third-order valence-corrected chi connectivity index (χ3v) is 4.78. The number of carbonyl (C=O) groups excluding carboxylic acids is 3. The third kappa shape index (κ3) is 4.39. The van der Waals surface area contributed by atoms with E-state index in [9.17, 15) is 14.4 Å². The highest BCUT2D eigenvalue weighted by Gasteiger charge is 2.23. The summed E-state index contributed by atoms with van der Waals surface area (Å²) in [5.41, 5.74) is 3.84. The second-order valence-corrected chi connectivity index (χ2v) is 7.05.